The predicted octanol–water partition coefficient (Wildman–Crippen LogP) is 2.00. The third kappa shape index (κ3) is 5.79. The van der Waals surface area contributed by atoms with Crippen molar-refractivity contribution >= 4 is 17.7 Å². The van der Waals surface area contributed by atoms with Crippen molar-refractivity contribution in [2.24, 2.45) is 22.7 Å². The molecule has 0 spiro atoms. The number of esters is 1. The second kappa shape index (κ2) is 13.5. The van der Waals surface area contributed by atoms with E-state index >= 15 is 0 Å². The molecule has 2 bridgehead atoms. The van der Waals surface area contributed by atoms with E-state index < -0.39 is 88.1 Å². The van der Waals surface area contributed by atoms with E-state index in [0.29, 0.717) is 16.7 Å². The number of aliphatic hydroxyl groups is 5. The van der Waals surface area contributed by atoms with Gasteiger partial charge in [0.05, 0.1) is 35.9 Å². The SMILES string of the molecule is CC1=C2C(O)C(=O)[C@]3(C)C(O)CC4OCC4(O)C3[C@H](C)C(O)(CC1OC(=O)C(O)C(NC(=O)c1ccccc1)c1ccccc1)C2(C)C.[Ac]. The van der Waals surface area contributed by atoms with Gasteiger partial charge in [0.15, 0.2) is 11.9 Å². The van der Waals surface area contributed by atoms with Crippen molar-refractivity contribution < 1.29 is 93.5 Å². The Bertz CT molecular complexity index is 1630. The Morgan fingerprint density at radius 3 is 2.16 bits per heavy atom. The van der Waals surface area contributed by atoms with E-state index in [4.69, 9.17) is 9.47 Å². The number of ether oxygens (including phenoxy) is 2. The third-order valence-corrected chi connectivity index (χ3v) is 12.2. The zero-order valence-corrected chi connectivity index (χ0v) is 33.1. The molecule has 1 radical (unpaired) electrons. The van der Waals surface area contributed by atoms with E-state index in [-0.39, 0.29) is 69.1 Å². The van der Waals surface area contributed by atoms with Gasteiger partial charge < -0.3 is 40.3 Å². The molecule has 12 heteroatoms. The van der Waals surface area contributed by atoms with Crippen molar-refractivity contribution in [2.75, 3.05) is 6.61 Å². The Morgan fingerprint density at radius 1 is 1.00 bits per heavy atom. The van der Waals surface area contributed by atoms with Crippen LogP contribution >= 0.6 is 0 Å². The van der Waals surface area contributed by atoms with Gasteiger partial charge in [-0.25, -0.2) is 4.79 Å². The molecule has 1 aliphatic heterocycles. The number of rotatable bonds is 6. The average Bonchev–Trinajstić information content (AvgIpc) is 3.06. The van der Waals surface area contributed by atoms with Gasteiger partial charge in [0.2, 0.25) is 0 Å². The van der Waals surface area contributed by atoms with Crippen molar-refractivity contribution in [1.29, 1.82) is 0 Å². The maximum atomic E-state index is 14.3. The number of amides is 1. The number of carbonyl (C=O) groups excluding carboxylic acids is 3. The van der Waals surface area contributed by atoms with Gasteiger partial charge in [0.1, 0.15) is 17.8 Å². The molecule has 0 aromatic heterocycles. The number of aliphatic hydroxyl groups excluding tert-OH is 3. The molecular weight excluding hydrogens is 845 g/mol. The standard InChI is InChI=1S/C37H45NO10.Ac/c1-19-23(48-33(44)29(41)27(21-12-8-6-9-13-21)38-32(43)22-14-10-7-11-15-22)17-37(46)20(2)30-35(5,24(39)16-25-36(30,45)18-47-25)31(42)28(40)26(19)34(37,3)4;/h6-15,20,23-25,27-30,39-41,45-46H,16-18H2,1-5H3,(H,38,43);/t20-,23?,24?,25?,27?,28?,29?,30?,35+,36?,37?;/m0./s1. The molecule has 6 N–H and O–H groups in total. The first-order valence-corrected chi connectivity index (χ1v) is 16.5. The topological polar surface area (TPSA) is 183 Å². The molecule has 2 aromatic rings. The van der Waals surface area contributed by atoms with Crippen LogP contribution in [0.3, 0.4) is 0 Å². The molecule has 1 amide bonds. The van der Waals surface area contributed by atoms with Crippen LogP contribution in [-0.4, -0.2) is 91.5 Å². The van der Waals surface area contributed by atoms with E-state index in [0.717, 1.165) is 0 Å². The fourth-order valence-electron chi connectivity index (χ4n) is 9.28. The number of ketones is 1. The first-order chi connectivity index (χ1) is 22.5. The molecule has 261 valence electrons. The van der Waals surface area contributed by atoms with Gasteiger partial charge in [0, 0.05) is 73.8 Å². The summed E-state index contributed by atoms with van der Waals surface area (Å²) in [6, 6.07) is 15.6. The number of carbonyl (C=O) groups is 3. The Balaban J connectivity index is 0.00000468. The molecular formula is C37H45AcNO10. The Morgan fingerprint density at radius 2 is 1.59 bits per heavy atom. The maximum Gasteiger partial charge on any atom is 0.338 e. The Labute approximate surface area is 321 Å². The minimum atomic E-state index is -1.87. The quantitative estimate of drug-likeness (QED) is 0.186. The van der Waals surface area contributed by atoms with Gasteiger partial charge in [-0.05, 0) is 48.6 Å². The molecule has 2 aromatic carbocycles. The summed E-state index contributed by atoms with van der Waals surface area (Å²) in [7, 11) is 0. The molecule has 2 saturated carbocycles. The van der Waals surface area contributed by atoms with Crippen LogP contribution in [0.2, 0.25) is 0 Å². The Kier molecular flexibility index (Phi) is 10.5. The number of nitrogens with one attached hydrogen (secondary N) is 1. The van der Waals surface area contributed by atoms with Crippen LogP contribution < -0.4 is 5.32 Å². The number of fused-ring (bicyclic) bond motifs is 5. The number of hydrogen-bond acceptors (Lipinski definition) is 10. The zero-order chi connectivity index (χ0) is 35.0. The number of Topliss-reactive ketones (excluding diaryl/α,β-unsaturated/α-hetero) is 1. The second-order valence-corrected chi connectivity index (χ2v) is 14.8. The van der Waals surface area contributed by atoms with E-state index in [1.54, 1.807) is 88.4 Å². The predicted molar refractivity (Wildman–Crippen MR) is 172 cm³/mol. The summed E-state index contributed by atoms with van der Waals surface area (Å²) in [5.74, 6) is -4.18. The van der Waals surface area contributed by atoms with Crippen LogP contribution in [0, 0.1) is 66.7 Å². The summed E-state index contributed by atoms with van der Waals surface area (Å²) in [6.07, 6.45) is -7.06. The van der Waals surface area contributed by atoms with Crippen molar-refractivity contribution in [3.8, 4) is 0 Å². The zero-order valence-electron chi connectivity index (χ0n) is 28.4. The van der Waals surface area contributed by atoms with E-state index in [2.05, 4.69) is 5.32 Å². The molecule has 11 atom stereocenters. The summed E-state index contributed by atoms with van der Waals surface area (Å²) in [5.41, 5.74) is -4.94. The van der Waals surface area contributed by atoms with Crippen LogP contribution in [0.4, 0.5) is 0 Å². The molecule has 49 heavy (non-hydrogen) atoms. The van der Waals surface area contributed by atoms with E-state index in [1.807, 2.05) is 0 Å². The third-order valence-electron chi connectivity index (χ3n) is 12.2. The van der Waals surface area contributed by atoms with Gasteiger partial charge in [-0.2, -0.15) is 0 Å². The van der Waals surface area contributed by atoms with Gasteiger partial charge in [-0.15, -0.1) is 0 Å². The summed E-state index contributed by atoms with van der Waals surface area (Å²) in [5, 5.41) is 62.0. The second-order valence-electron chi connectivity index (χ2n) is 14.8. The van der Waals surface area contributed by atoms with Crippen LogP contribution in [0.5, 0.6) is 0 Å². The van der Waals surface area contributed by atoms with Crippen LogP contribution in [0.25, 0.3) is 0 Å². The molecule has 4 aliphatic rings. The first kappa shape index (κ1) is 38.2. The Hall–Kier alpha value is -2.01. The van der Waals surface area contributed by atoms with Crippen LogP contribution in [0.15, 0.2) is 71.8 Å². The largest absolute Gasteiger partial charge is 0.456 e. The summed E-state index contributed by atoms with van der Waals surface area (Å²) < 4.78 is 11.5. The fourth-order valence-corrected chi connectivity index (χ4v) is 9.28. The summed E-state index contributed by atoms with van der Waals surface area (Å²) in [6.45, 7) is 8.16. The summed E-state index contributed by atoms with van der Waals surface area (Å²) in [4.78, 5) is 41.2. The molecule has 1 heterocycles. The van der Waals surface area contributed by atoms with Crippen molar-refractivity contribution in [3.05, 3.63) is 82.9 Å². The van der Waals surface area contributed by atoms with Crippen molar-refractivity contribution in [1.82, 2.24) is 5.32 Å². The molecule has 9 unspecified atom stereocenters. The molecule has 6 rings (SSSR count). The molecule has 1 saturated heterocycles. The van der Waals surface area contributed by atoms with E-state index in [9.17, 15) is 39.9 Å². The minimum absolute atomic E-state index is 0. The minimum Gasteiger partial charge on any atom is -0.456 e. The average molecular weight is 891 g/mol. The van der Waals surface area contributed by atoms with Crippen LogP contribution in [-0.2, 0) is 19.1 Å². The first-order valence-electron chi connectivity index (χ1n) is 16.5. The van der Waals surface area contributed by atoms with Gasteiger partial charge in [0.25, 0.3) is 5.91 Å². The van der Waals surface area contributed by atoms with Crippen molar-refractivity contribution in [3.63, 3.8) is 0 Å². The summed E-state index contributed by atoms with van der Waals surface area (Å²) >= 11 is 0. The van der Waals surface area contributed by atoms with E-state index in [1.165, 1.54) is 6.92 Å². The molecule has 3 aliphatic carbocycles. The smallest absolute Gasteiger partial charge is 0.338 e. The maximum absolute atomic E-state index is 14.3. The normalized spacial score (nSPS) is 37.5. The van der Waals surface area contributed by atoms with Gasteiger partial charge in [-0.3, -0.25) is 9.59 Å². The number of benzene rings is 2. The van der Waals surface area contributed by atoms with Gasteiger partial charge in [-0.1, -0.05) is 69.3 Å². The molecule has 3 fully saturated rings. The van der Waals surface area contributed by atoms with Crippen molar-refractivity contribution in [2.45, 2.75) is 95.2 Å². The van der Waals surface area contributed by atoms with Gasteiger partial charge >= 0.3 is 5.97 Å². The molecule has 11 nitrogen and oxygen atoms in total. The number of hydrogen-bond donors (Lipinski definition) is 6. The van der Waals surface area contributed by atoms with Crippen LogP contribution in [0.1, 0.15) is 69.4 Å². The monoisotopic (exact) mass is 890 g/mol. The fraction of sp³-hybridized carbons (Fsp3) is 0.541.